The number of hydrogen-bond donors (Lipinski definition) is 2. The molecule has 1 fully saturated rings. The van der Waals surface area contributed by atoms with E-state index in [2.05, 4.69) is 26.6 Å². The van der Waals surface area contributed by atoms with Crippen molar-refractivity contribution in [2.45, 2.75) is 12.8 Å². The zero-order valence-corrected chi connectivity index (χ0v) is 15.2. The molecule has 7 heteroatoms. The van der Waals surface area contributed by atoms with Crippen LogP contribution >= 0.6 is 15.9 Å². The van der Waals surface area contributed by atoms with E-state index in [1.54, 1.807) is 36.4 Å². The monoisotopic (exact) mass is 406 g/mol. The summed E-state index contributed by atoms with van der Waals surface area (Å²) in [5.41, 5.74) is 0.996. The Morgan fingerprint density at radius 2 is 2.04 bits per heavy atom. The van der Waals surface area contributed by atoms with Gasteiger partial charge in [-0.1, -0.05) is 6.07 Å². The Labute approximate surface area is 154 Å². The highest BCUT2D eigenvalue weighted by atomic mass is 79.9. The molecule has 2 amide bonds. The summed E-state index contributed by atoms with van der Waals surface area (Å²) in [4.78, 5) is 24.2. The van der Waals surface area contributed by atoms with Crippen LogP contribution in [0.15, 0.2) is 45.5 Å². The van der Waals surface area contributed by atoms with E-state index in [0.29, 0.717) is 35.0 Å². The van der Waals surface area contributed by atoms with Gasteiger partial charge in [0, 0.05) is 24.4 Å². The SMILES string of the molecule is O=C(NCCOCC1CC1)c1cccc(NC(=O)c2ccc(Br)o2)c1. The fraction of sp³-hybridized carbons (Fsp3) is 0.333. The van der Waals surface area contributed by atoms with E-state index < -0.39 is 0 Å². The van der Waals surface area contributed by atoms with Crippen LogP contribution in [-0.4, -0.2) is 31.6 Å². The first-order chi connectivity index (χ1) is 12.1. The van der Waals surface area contributed by atoms with Crippen molar-refractivity contribution in [2.24, 2.45) is 5.92 Å². The average molecular weight is 407 g/mol. The summed E-state index contributed by atoms with van der Waals surface area (Å²) in [6.45, 7) is 1.74. The maximum atomic E-state index is 12.2. The van der Waals surface area contributed by atoms with Crippen LogP contribution in [0, 0.1) is 5.92 Å². The van der Waals surface area contributed by atoms with Gasteiger partial charge in [-0.25, -0.2) is 0 Å². The number of amides is 2. The molecule has 3 rings (SSSR count). The minimum absolute atomic E-state index is 0.189. The molecule has 0 unspecified atom stereocenters. The predicted molar refractivity (Wildman–Crippen MR) is 96.7 cm³/mol. The summed E-state index contributed by atoms with van der Waals surface area (Å²) in [5, 5.41) is 5.51. The summed E-state index contributed by atoms with van der Waals surface area (Å²) < 4.78 is 11.2. The van der Waals surface area contributed by atoms with E-state index >= 15 is 0 Å². The van der Waals surface area contributed by atoms with E-state index in [-0.39, 0.29) is 17.6 Å². The number of furan rings is 1. The second-order valence-corrected chi connectivity index (χ2v) is 6.69. The van der Waals surface area contributed by atoms with Crippen LogP contribution in [0.25, 0.3) is 0 Å². The summed E-state index contributed by atoms with van der Waals surface area (Å²) in [7, 11) is 0. The van der Waals surface area contributed by atoms with Gasteiger partial charge in [0.2, 0.25) is 0 Å². The van der Waals surface area contributed by atoms with Gasteiger partial charge in [-0.05, 0) is 65.0 Å². The minimum atomic E-state index is -0.378. The van der Waals surface area contributed by atoms with E-state index in [1.165, 1.54) is 12.8 Å². The molecule has 2 N–H and O–H groups in total. The van der Waals surface area contributed by atoms with Gasteiger partial charge in [-0.15, -0.1) is 0 Å². The molecular formula is C18H19BrN2O4. The first-order valence-electron chi connectivity index (χ1n) is 8.14. The van der Waals surface area contributed by atoms with Crippen molar-refractivity contribution in [1.82, 2.24) is 5.32 Å². The number of rotatable bonds is 8. The Morgan fingerprint density at radius 1 is 1.20 bits per heavy atom. The molecule has 0 radical (unpaired) electrons. The first-order valence-corrected chi connectivity index (χ1v) is 8.94. The number of anilines is 1. The smallest absolute Gasteiger partial charge is 0.291 e. The topological polar surface area (TPSA) is 80.6 Å². The molecule has 25 heavy (non-hydrogen) atoms. The van der Waals surface area contributed by atoms with Gasteiger partial charge in [0.05, 0.1) is 6.61 Å². The largest absolute Gasteiger partial charge is 0.444 e. The van der Waals surface area contributed by atoms with Crippen LogP contribution in [0.2, 0.25) is 0 Å². The molecule has 1 saturated carbocycles. The Morgan fingerprint density at radius 3 is 2.76 bits per heavy atom. The van der Waals surface area contributed by atoms with E-state index in [1.807, 2.05) is 0 Å². The number of carbonyl (C=O) groups is 2. The number of hydrogen-bond acceptors (Lipinski definition) is 4. The third kappa shape index (κ3) is 5.44. The number of nitrogens with one attached hydrogen (secondary N) is 2. The molecular weight excluding hydrogens is 388 g/mol. The van der Waals surface area contributed by atoms with Gasteiger partial charge in [0.15, 0.2) is 10.4 Å². The fourth-order valence-corrected chi connectivity index (χ4v) is 2.55. The van der Waals surface area contributed by atoms with Crippen LogP contribution in [0.1, 0.15) is 33.8 Å². The van der Waals surface area contributed by atoms with Gasteiger partial charge in [-0.3, -0.25) is 9.59 Å². The second kappa shape index (κ2) is 8.31. The minimum Gasteiger partial charge on any atom is -0.444 e. The molecule has 0 atom stereocenters. The Balaban J connectivity index is 1.49. The third-order valence-corrected chi connectivity index (χ3v) is 4.19. The molecule has 1 heterocycles. The van der Waals surface area contributed by atoms with E-state index in [9.17, 15) is 9.59 Å². The second-order valence-electron chi connectivity index (χ2n) is 5.91. The molecule has 6 nitrogen and oxygen atoms in total. The Bertz CT molecular complexity index is 755. The van der Waals surface area contributed by atoms with E-state index in [0.717, 1.165) is 6.61 Å². The Kier molecular flexibility index (Phi) is 5.88. The van der Waals surface area contributed by atoms with Crippen LogP contribution < -0.4 is 10.6 Å². The van der Waals surface area contributed by atoms with Gasteiger partial charge in [-0.2, -0.15) is 0 Å². The normalized spacial score (nSPS) is 13.5. The number of ether oxygens (including phenoxy) is 1. The fourth-order valence-electron chi connectivity index (χ4n) is 2.24. The summed E-state index contributed by atoms with van der Waals surface area (Å²) in [6, 6.07) is 9.95. The molecule has 0 aliphatic heterocycles. The molecule has 132 valence electrons. The standard InChI is InChI=1S/C18H19BrN2O4/c19-16-7-6-15(25-16)18(23)21-14-3-1-2-13(10-14)17(22)20-8-9-24-11-12-4-5-12/h1-3,6-7,10,12H,4-5,8-9,11H2,(H,20,22)(H,21,23). The molecule has 1 aliphatic rings. The number of carbonyl (C=O) groups excluding carboxylic acids is 2. The molecule has 0 spiro atoms. The molecule has 2 aromatic rings. The Hall–Kier alpha value is -2.12. The van der Waals surface area contributed by atoms with Crippen molar-refractivity contribution in [2.75, 3.05) is 25.1 Å². The lowest BCUT2D eigenvalue weighted by Gasteiger charge is -2.08. The molecule has 0 saturated heterocycles. The van der Waals surface area contributed by atoms with Crippen LogP contribution in [0.4, 0.5) is 5.69 Å². The van der Waals surface area contributed by atoms with Crippen molar-refractivity contribution in [3.05, 3.63) is 52.4 Å². The van der Waals surface area contributed by atoms with Gasteiger partial charge in [0.1, 0.15) is 0 Å². The maximum Gasteiger partial charge on any atom is 0.291 e. The highest BCUT2D eigenvalue weighted by Gasteiger charge is 2.20. The van der Waals surface area contributed by atoms with Crippen LogP contribution in [0.3, 0.4) is 0 Å². The molecule has 1 aliphatic carbocycles. The molecule has 0 bridgehead atoms. The van der Waals surface area contributed by atoms with Crippen molar-refractivity contribution in [1.29, 1.82) is 0 Å². The quantitative estimate of drug-likeness (QED) is 0.657. The molecule has 1 aromatic carbocycles. The van der Waals surface area contributed by atoms with Gasteiger partial charge < -0.3 is 19.8 Å². The lowest BCUT2D eigenvalue weighted by atomic mass is 10.2. The first kappa shape index (κ1) is 17.7. The van der Waals surface area contributed by atoms with Gasteiger partial charge in [0.25, 0.3) is 11.8 Å². The number of halogens is 1. The van der Waals surface area contributed by atoms with Gasteiger partial charge >= 0.3 is 0 Å². The zero-order valence-electron chi connectivity index (χ0n) is 13.6. The number of benzene rings is 1. The maximum absolute atomic E-state index is 12.2. The third-order valence-electron chi connectivity index (χ3n) is 3.76. The van der Waals surface area contributed by atoms with Crippen molar-refractivity contribution < 1.29 is 18.7 Å². The summed E-state index contributed by atoms with van der Waals surface area (Å²) in [6.07, 6.45) is 2.50. The summed E-state index contributed by atoms with van der Waals surface area (Å²) in [5.74, 6) is 0.323. The zero-order chi connectivity index (χ0) is 17.6. The van der Waals surface area contributed by atoms with Crippen molar-refractivity contribution in [3.63, 3.8) is 0 Å². The lowest BCUT2D eigenvalue weighted by Crippen LogP contribution is -2.27. The van der Waals surface area contributed by atoms with Crippen molar-refractivity contribution >= 4 is 33.4 Å². The summed E-state index contributed by atoms with van der Waals surface area (Å²) >= 11 is 3.15. The lowest BCUT2D eigenvalue weighted by molar-refractivity contribution is 0.0905. The highest BCUT2D eigenvalue weighted by Crippen LogP contribution is 2.28. The van der Waals surface area contributed by atoms with Crippen LogP contribution in [-0.2, 0) is 4.74 Å². The van der Waals surface area contributed by atoms with E-state index in [4.69, 9.17) is 9.15 Å². The highest BCUT2D eigenvalue weighted by molar-refractivity contribution is 9.10. The average Bonchev–Trinajstić information content (AvgIpc) is 3.33. The van der Waals surface area contributed by atoms with Crippen LogP contribution in [0.5, 0.6) is 0 Å². The predicted octanol–water partition coefficient (Wildman–Crippen LogP) is 3.45. The molecule has 1 aromatic heterocycles. The van der Waals surface area contributed by atoms with Crippen molar-refractivity contribution in [3.8, 4) is 0 Å².